The van der Waals surface area contributed by atoms with Gasteiger partial charge >= 0.3 is 12.1 Å². The number of aromatic nitrogens is 1. The number of nitrogens with one attached hydrogen (secondary N) is 1. The molecule has 0 saturated carbocycles. The molecule has 19 heavy (non-hydrogen) atoms. The quantitative estimate of drug-likeness (QED) is 0.889. The number of aliphatic carboxylic acids is 1. The molecule has 6 nitrogen and oxygen atoms in total. The molecule has 0 unspecified atom stereocenters. The number of carbonyl (C=O) groups excluding carboxylic acids is 1. The fraction of sp³-hybridized carbons (Fsp3) is 0.417. The van der Waals surface area contributed by atoms with Gasteiger partial charge in [-0.25, -0.2) is 4.79 Å². The molecule has 0 aliphatic heterocycles. The normalized spacial score (nSPS) is 10.9. The Hall–Kier alpha value is -1.63. The molecule has 7 heteroatoms. The Labute approximate surface area is 119 Å². The lowest BCUT2D eigenvalue weighted by Gasteiger charge is -2.20. The van der Waals surface area contributed by atoms with E-state index in [-0.39, 0.29) is 6.42 Å². The number of halogens is 1. The van der Waals surface area contributed by atoms with Crippen molar-refractivity contribution < 1.29 is 19.4 Å². The zero-order valence-electron chi connectivity index (χ0n) is 10.9. The Kier molecular flexibility index (Phi) is 4.88. The van der Waals surface area contributed by atoms with E-state index in [1.54, 1.807) is 20.8 Å². The van der Waals surface area contributed by atoms with Gasteiger partial charge in [0.1, 0.15) is 5.60 Å². The number of carbonyl (C=O) groups is 2. The summed E-state index contributed by atoms with van der Waals surface area (Å²) in [6.45, 7) is 5.22. The first-order chi connectivity index (χ1) is 8.69. The average Bonchev–Trinajstić information content (AvgIpc) is 2.19. The van der Waals surface area contributed by atoms with Gasteiger partial charge in [-0.2, -0.15) is 0 Å². The highest BCUT2D eigenvalue weighted by molar-refractivity contribution is 9.10. The fourth-order valence-electron chi connectivity index (χ4n) is 1.31. The van der Waals surface area contributed by atoms with Crippen molar-refractivity contribution in [3.05, 3.63) is 22.4 Å². The molecule has 104 valence electrons. The SMILES string of the molecule is CC(C)(C)OC(=O)Nc1cncc(Br)c1CC(=O)O. The second kappa shape index (κ2) is 6.01. The molecule has 1 heterocycles. The van der Waals surface area contributed by atoms with Gasteiger partial charge in [0.25, 0.3) is 0 Å². The van der Waals surface area contributed by atoms with E-state index in [0.717, 1.165) is 0 Å². The van der Waals surface area contributed by atoms with Gasteiger partial charge in [0, 0.05) is 16.2 Å². The van der Waals surface area contributed by atoms with E-state index >= 15 is 0 Å². The second-order valence-corrected chi connectivity index (χ2v) is 5.70. The molecule has 2 N–H and O–H groups in total. The number of carboxylic acids is 1. The third-order valence-corrected chi connectivity index (χ3v) is 2.65. The number of rotatable bonds is 3. The third-order valence-electron chi connectivity index (χ3n) is 1.97. The summed E-state index contributed by atoms with van der Waals surface area (Å²) in [5.74, 6) is -1.00. The fourth-order valence-corrected chi connectivity index (χ4v) is 1.79. The first kappa shape index (κ1) is 15.4. The first-order valence-electron chi connectivity index (χ1n) is 5.53. The minimum absolute atomic E-state index is 0.228. The second-order valence-electron chi connectivity index (χ2n) is 4.84. The van der Waals surface area contributed by atoms with Gasteiger partial charge in [-0.05, 0) is 36.7 Å². The maximum Gasteiger partial charge on any atom is 0.412 e. The number of amides is 1. The van der Waals surface area contributed by atoms with Crippen LogP contribution in [0.15, 0.2) is 16.9 Å². The number of carboxylic acid groups (broad SMARTS) is 1. The van der Waals surface area contributed by atoms with Crippen LogP contribution in [0.1, 0.15) is 26.3 Å². The van der Waals surface area contributed by atoms with Gasteiger partial charge in [-0.1, -0.05) is 0 Å². The van der Waals surface area contributed by atoms with E-state index in [4.69, 9.17) is 9.84 Å². The Bertz CT molecular complexity index is 497. The molecule has 1 aromatic heterocycles. The van der Waals surface area contributed by atoms with Crippen molar-refractivity contribution in [2.24, 2.45) is 0 Å². The van der Waals surface area contributed by atoms with E-state index in [9.17, 15) is 9.59 Å². The minimum Gasteiger partial charge on any atom is -0.481 e. The summed E-state index contributed by atoms with van der Waals surface area (Å²) in [5.41, 5.74) is 0.121. The van der Waals surface area contributed by atoms with Crippen LogP contribution in [0, 0.1) is 0 Å². The molecule has 1 rings (SSSR count). The highest BCUT2D eigenvalue weighted by atomic mass is 79.9. The zero-order valence-corrected chi connectivity index (χ0v) is 12.4. The van der Waals surface area contributed by atoms with Crippen molar-refractivity contribution in [1.29, 1.82) is 0 Å². The lowest BCUT2D eigenvalue weighted by molar-refractivity contribution is -0.136. The van der Waals surface area contributed by atoms with Crippen molar-refractivity contribution in [1.82, 2.24) is 4.98 Å². The summed E-state index contributed by atoms with van der Waals surface area (Å²) in [7, 11) is 0. The number of hydrogen-bond donors (Lipinski definition) is 2. The summed E-state index contributed by atoms with van der Waals surface area (Å²) in [6.07, 6.45) is 1.97. The van der Waals surface area contributed by atoms with Crippen molar-refractivity contribution in [3.63, 3.8) is 0 Å². The molecule has 0 bridgehead atoms. The number of nitrogens with zero attached hydrogens (tertiary/aromatic N) is 1. The molecule has 0 saturated heterocycles. The molecule has 0 radical (unpaired) electrons. The van der Waals surface area contributed by atoms with Crippen molar-refractivity contribution >= 4 is 33.7 Å². The topological polar surface area (TPSA) is 88.5 Å². The van der Waals surface area contributed by atoms with Gasteiger partial charge in [-0.15, -0.1) is 0 Å². The van der Waals surface area contributed by atoms with Gasteiger partial charge in [0.15, 0.2) is 0 Å². The lowest BCUT2D eigenvalue weighted by atomic mass is 10.1. The summed E-state index contributed by atoms with van der Waals surface area (Å²) < 4.78 is 5.62. The maximum absolute atomic E-state index is 11.7. The highest BCUT2D eigenvalue weighted by Crippen LogP contribution is 2.24. The number of hydrogen-bond acceptors (Lipinski definition) is 4. The Morgan fingerprint density at radius 1 is 1.42 bits per heavy atom. The van der Waals surface area contributed by atoms with Crippen molar-refractivity contribution in [3.8, 4) is 0 Å². The lowest BCUT2D eigenvalue weighted by Crippen LogP contribution is -2.27. The van der Waals surface area contributed by atoms with Crippen LogP contribution in [0.25, 0.3) is 0 Å². The van der Waals surface area contributed by atoms with Crippen molar-refractivity contribution in [2.45, 2.75) is 32.8 Å². The Morgan fingerprint density at radius 3 is 2.58 bits per heavy atom. The molecule has 0 aliphatic carbocycles. The van der Waals surface area contributed by atoms with Gasteiger partial charge in [0.05, 0.1) is 18.3 Å². The molecule has 0 aromatic carbocycles. The van der Waals surface area contributed by atoms with E-state index < -0.39 is 17.7 Å². The van der Waals surface area contributed by atoms with Crippen LogP contribution in [-0.4, -0.2) is 27.8 Å². The molecular formula is C12H15BrN2O4. The maximum atomic E-state index is 11.7. The summed E-state index contributed by atoms with van der Waals surface area (Å²) >= 11 is 3.21. The summed E-state index contributed by atoms with van der Waals surface area (Å²) in [6, 6.07) is 0. The van der Waals surface area contributed by atoms with E-state index in [1.807, 2.05) is 0 Å². The Morgan fingerprint density at radius 2 is 2.05 bits per heavy atom. The first-order valence-corrected chi connectivity index (χ1v) is 6.32. The molecular weight excluding hydrogens is 316 g/mol. The Balaban J connectivity index is 2.92. The highest BCUT2D eigenvalue weighted by Gasteiger charge is 2.19. The van der Waals surface area contributed by atoms with Crippen LogP contribution >= 0.6 is 15.9 Å². The monoisotopic (exact) mass is 330 g/mol. The predicted octanol–water partition coefficient (Wildman–Crippen LogP) is 2.82. The number of anilines is 1. The van der Waals surface area contributed by atoms with Crippen LogP contribution in [0.5, 0.6) is 0 Å². The predicted molar refractivity (Wildman–Crippen MR) is 73.1 cm³/mol. The zero-order chi connectivity index (χ0) is 14.6. The van der Waals surface area contributed by atoms with Crippen LogP contribution < -0.4 is 5.32 Å². The largest absolute Gasteiger partial charge is 0.481 e. The van der Waals surface area contributed by atoms with E-state index in [1.165, 1.54) is 12.4 Å². The smallest absolute Gasteiger partial charge is 0.412 e. The number of ether oxygens (including phenoxy) is 1. The standard InChI is InChI=1S/C12H15BrN2O4/c1-12(2,3)19-11(18)15-9-6-14-5-8(13)7(9)4-10(16)17/h5-6H,4H2,1-3H3,(H,15,18)(H,16,17). The molecule has 1 amide bonds. The van der Waals surface area contributed by atoms with E-state index in [2.05, 4.69) is 26.2 Å². The molecule has 0 atom stereocenters. The van der Waals surface area contributed by atoms with E-state index in [0.29, 0.717) is 15.7 Å². The van der Waals surface area contributed by atoms with Crippen LogP contribution in [0.2, 0.25) is 0 Å². The molecule has 0 fully saturated rings. The van der Waals surface area contributed by atoms with Gasteiger partial charge in [-0.3, -0.25) is 15.1 Å². The van der Waals surface area contributed by atoms with Crippen molar-refractivity contribution in [2.75, 3.05) is 5.32 Å². The van der Waals surface area contributed by atoms with Gasteiger partial charge < -0.3 is 9.84 Å². The molecule has 1 aromatic rings. The van der Waals surface area contributed by atoms with Crippen LogP contribution in [0.4, 0.5) is 10.5 Å². The molecule has 0 aliphatic rings. The van der Waals surface area contributed by atoms with Crippen LogP contribution in [-0.2, 0) is 16.0 Å². The summed E-state index contributed by atoms with van der Waals surface area (Å²) in [5, 5.41) is 11.3. The van der Waals surface area contributed by atoms with Gasteiger partial charge in [0.2, 0.25) is 0 Å². The number of pyridine rings is 1. The minimum atomic E-state index is -1.00. The average molecular weight is 331 g/mol. The third kappa shape index (κ3) is 5.25. The molecule has 0 spiro atoms. The summed E-state index contributed by atoms with van der Waals surface area (Å²) in [4.78, 5) is 26.3. The van der Waals surface area contributed by atoms with Crippen LogP contribution in [0.3, 0.4) is 0 Å².